The zero-order valence-electron chi connectivity index (χ0n) is 19.9. The van der Waals surface area contributed by atoms with Crippen LogP contribution in [0.25, 0.3) is 6.08 Å². The summed E-state index contributed by atoms with van der Waals surface area (Å²) in [4.78, 5) is 25.7. The molecule has 0 atom stereocenters. The molecule has 0 aliphatic carbocycles. The average molecular weight is 470 g/mol. The van der Waals surface area contributed by atoms with Crippen molar-refractivity contribution in [3.8, 4) is 11.5 Å². The minimum Gasteiger partial charge on any atom is -0.454 e. The van der Waals surface area contributed by atoms with Crippen LogP contribution in [0.15, 0.2) is 83.6 Å². The lowest BCUT2D eigenvalue weighted by Gasteiger charge is -2.18. The van der Waals surface area contributed by atoms with Crippen molar-refractivity contribution in [3.63, 3.8) is 0 Å². The number of nitrogens with zero attached hydrogens (tertiary/aromatic N) is 1. The van der Waals surface area contributed by atoms with Crippen LogP contribution in [0, 0.1) is 0 Å². The van der Waals surface area contributed by atoms with Gasteiger partial charge in [-0.3, -0.25) is 9.59 Å². The zero-order valence-corrected chi connectivity index (χ0v) is 19.9. The highest BCUT2D eigenvalue weighted by Crippen LogP contribution is 2.33. The van der Waals surface area contributed by atoms with E-state index < -0.39 is 11.8 Å². The van der Waals surface area contributed by atoms with E-state index in [0.717, 1.165) is 5.56 Å². The molecule has 35 heavy (non-hydrogen) atoms. The van der Waals surface area contributed by atoms with Gasteiger partial charge in [-0.2, -0.15) is 5.10 Å². The number of fused-ring (bicyclic) bond motifs is 1. The first-order chi connectivity index (χ1) is 16.8. The number of hydrazone groups is 1. The predicted octanol–water partition coefficient (Wildman–Crippen LogP) is 4.63. The van der Waals surface area contributed by atoms with E-state index in [9.17, 15) is 9.59 Å². The molecule has 0 saturated carbocycles. The van der Waals surface area contributed by atoms with E-state index >= 15 is 0 Å². The number of hydrogen-bond acceptors (Lipinski definition) is 5. The van der Waals surface area contributed by atoms with Gasteiger partial charge in [-0.05, 0) is 52.4 Å². The minimum atomic E-state index is -0.561. The maximum Gasteiger partial charge on any atom is 0.287 e. The van der Waals surface area contributed by atoms with Gasteiger partial charge in [0.05, 0.1) is 6.21 Å². The lowest BCUT2D eigenvalue weighted by molar-refractivity contribution is -0.117. The van der Waals surface area contributed by atoms with Gasteiger partial charge in [-0.15, -0.1) is 0 Å². The summed E-state index contributed by atoms with van der Waals surface area (Å²) < 4.78 is 10.8. The van der Waals surface area contributed by atoms with E-state index in [1.54, 1.807) is 54.8 Å². The van der Waals surface area contributed by atoms with Crippen LogP contribution in [0.3, 0.4) is 0 Å². The molecule has 0 radical (unpaired) electrons. The molecule has 0 unspecified atom stereocenters. The summed E-state index contributed by atoms with van der Waals surface area (Å²) in [6.07, 6.45) is 3.12. The molecule has 2 amide bonds. The quantitative estimate of drug-likeness (QED) is 0.313. The van der Waals surface area contributed by atoms with E-state index in [1.165, 1.54) is 5.56 Å². The van der Waals surface area contributed by atoms with Crippen molar-refractivity contribution in [3.05, 3.63) is 101 Å². The Hall–Kier alpha value is -4.39. The third kappa shape index (κ3) is 6.14. The van der Waals surface area contributed by atoms with Crippen molar-refractivity contribution in [2.24, 2.45) is 5.10 Å². The number of nitrogens with one attached hydrogen (secondary N) is 2. The van der Waals surface area contributed by atoms with Crippen LogP contribution in [-0.4, -0.2) is 24.8 Å². The Morgan fingerprint density at radius 1 is 0.886 bits per heavy atom. The molecule has 7 nitrogen and oxygen atoms in total. The fourth-order valence-electron chi connectivity index (χ4n) is 3.41. The lowest BCUT2D eigenvalue weighted by atomic mass is 9.87. The summed E-state index contributed by atoms with van der Waals surface area (Å²) in [6.45, 7) is 6.59. The van der Waals surface area contributed by atoms with Crippen LogP contribution in [-0.2, 0) is 10.2 Å². The number of amides is 2. The standard InChI is InChI=1S/C28H27N3O4/c1-28(2,3)22-12-9-19(10-13-22)17-29-31-27(33)23(30-26(32)21-7-5-4-6-8-21)15-20-11-14-24-25(16-20)35-18-34-24/h4-17H,18H2,1-3H3,(H,30,32)(H,31,33)/b23-15+,29-17+. The second-order valence-electron chi connectivity index (χ2n) is 9.06. The summed E-state index contributed by atoms with van der Waals surface area (Å²) in [6, 6.07) is 21.9. The van der Waals surface area contributed by atoms with Crippen molar-refractivity contribution in [2.45, 2.75) is 26.2 Å². The van der Waals surface area contributed by atoms with Crippen molar-refractivity contribution in [1.82, 2.24) is 10.7 Å². The molecule has 0 spiro atoms. The highest BCUT2D eigenvalue weighted by atomic mass is 16.7. The van der Waals surface area contributed by atoms with Gasteiger partial charge in [-0.25, -0.2) is 5.43 Å². The van der Waals surface area contributed by atoms with Gasteiger partial charge >= 0.3 is 0 Å². The van der Waals surface area contributed by atoms with Gasteiger partial charge in [0.15, 0.2) is 11.5 Å². The van der Waals surface area contributed by atoms with Crippen LogP contribution in [0.4, 0.5) is 0 Å². The predicted molar refractivity (Wildman–Crippen MR) is 135 cm³/mol. The Labute approximate surface area is 204 Å². The molecule has 0 aromatic heterocycles. The fraction of sp³-hybridized carbons (Fsp3) is 0.179. The molecule has 0 saturated heterocycles. The Kier molecular flexibility index (Phi) is 6.96. The first-order valence-electron chi connectivity index (χ1n) is 11.2. The van der Waals surface area contributed by atoms with Gasteiger partial charge in [0, 0.05) is 5.56 Å². The molecule has 1 aliphatic rings. The van der Waals surface area contributed by atoms with E-state index in [2.05, 4.69) is 36.6 Å². The van der Waals surface area contributed by atoms with Crippen molar-refractivity contribution >= 4 is 24.1 Å². The van der Waals surface area contributed by atoms with E-state index in [1.807, 2.05) is 30.3 Å². The number of carbonyl (C=O) groups excluding carboxylic acids is 2. The van der Waals surface area contributed by atoms with Gasteiger partial charge in [0.25, 0.3) is 11.8 Å². The maximum absolute atomic E-state index is 13.0. The number of rotatable bonds is 6. The van der Waals surface area contributed by atoms with E-state index in [-0.39, 0.29) is 17.9 Å². The molecular formula is C28H27N3O4. The van der Waals surface area contributed by atoms with Crippen LogP contribution in [0.5, 0.6) is 11.5 Å². The van der Waals surface area contributed by atoms with Gasteiger partial charge in [-0.1, -0.05) is 69.3 Å². The van der Waals surface area contributed by atoms with Gasteiger partial charge in [0.2, 0.25) is 6.79 Å². The molecule has 0 bridgehead atoms. The summed E-state index contributed by atoms with van der Waals surface area (Å²) in [5.41, 5.74) is 5.72. The summed E-state index contributed by atoms with van der Waals surface area (Å²) in [5, 5.41) is 6.76. The monoisotopic (exact) mass is 469 g/mol. The van der Waals surface area contributed by atoms with Crippen LogP contribution < -0.4 is 20.2 Å². The topological polar surface area (TPSA) is 89.0 Å². The summed E-state index contributed by atoms with van der Waals surface area (Å²) in [5.74, 6) is 0.233. The smallest absolute Gasteiger partial charge is 0.287 e. The average Bonchev–Trinajstić information content (AvgIpc) is 3.32. The summed E-state index contributed by atoms with van der Waals surface area (Å²) in [7, 11) is 0. The van der Waals surface area contributed by atoms with Crippen molar-refractivity contribution in [2.75, 3.05) is 6.79 Å². The minimum absolute atomic E-state index is 0.0398. The molecule has 3 aromatic rings. The molecule has 1 aliphatic heterocycles. The molecule has 4 rings (SSSR count). The third-order valence-electron chi connectivity index (χ3n) is 5.39. The molecule has 7 heteroatoms. The highest BCUT2D eigenvalue weighted by Gasteiger charge is 2.17. The Balaban J connectivity index is 1.52. The highest BCUT2D eigenvalue weighted by molar-refractivity contribution is 6.05. The lowest BCUT2D eigenvalue weighted by Crippen LogP contribution is -2.32. The van der Waals surface area contributed by atoms with E-state index in [0.29, 0.717) is 22.6 Å². The summed E-state index contributed by atoms with van der Waals surface area (Å²) >= 11 is 0. The Bertz CT molecular complexity index is 1270. The number of carbonyl (C=O) groups is 2. The maximum atomic E-state index is 13.0. The van der Waals surface area contributed by atoms with Crippen LogP contribution in [0.1, 0.15) is 47.8 Å². The second-order valence-corrected chi connectivity index (χ2v) is 9.06. The third-order valence-corrected chi connectivity index (χ3v) is 5.39. The van der Waals surface area contributed by atoms with E-state index in [4.69, 9.17) is 9.47 Å². The zero-order chi connectivity index (χ0) is 24.8. The molecular weight excluding hydrogens is 442 g/mol. The molecule has 0 fully saturated rings. The first-order valence-corrected chi connectivity index (χ1v) is 11.2. The van der Waals surface area contributed by atoms with Crippen molar-refractivity contribution < 1.29 is 19.1 Å². The molecule has 2 N–H and O–H groups in total. The van der Waals surface area contributed by atoms with Crippen molar-refractivity contribution in [1.29, 1.82) is 0 Å². The molecule has 178 valence electrons. The van der Waals surface area contributed by atoms with Crippen LogP contribution >= 0.6 is 0 Å². The number of ether oxygens (including phenoxy) is 2. The van der Waals surface area contributed by atoms with Crippen LogP contribution in [0.2, 0.25) is 0 Å². The molecule has 3 aromatic carbocycles. The SMILES string of the molecule is CC(C)(C)c1ccc(/C=N/NC(=O)/C(=C\c2ccc3c(c2)OCO3)NC(=O)c2ccccc2)cc1. The second kappa shape index (κ2) is 10.3. The fourth-order valence-corrected chi connectivity index (χ4v) is 3.41. The largest absolute Gasteiger partial charge is 0.454 e. The van der Waals surface area contributed by atoms with Gasteiger partial charge < -0.3 is 14.8 Å². The Morgan fingerprint density at radius 3 is 2.29 bits per heavy atom. The van der Waals surface area contributed by atoms with Gasteiger partial charge in [0.1, 0.15) is 5.70 Å². The normalized spacial score (nSPS) is 13.1. The first kappa shape index (κ1) is 23.8. The number of benzene rings is 3. The number of hydrogen-bond donors (Lipinski definition) is 2. The molecule has 1 heterocycles. The Morgan fingerprint density at radius 2 is 1.57 bits per heavy atom.